The van der Waals surface area contributed by atoms with Crippen molar-refractivity contribution in [3.05, 3.63) is 24.0 Å². The fourth-order valence-electron chi connectivity index (χ4n) is 1.27. The summed E-state index contributed by atoms with van der Waals surface area (Å²) >= 11 is 0. The van der Waals surface area contributed by atoms with Gasteiger partial charge in [0.15, 0.2) is 0 Å². The zero-order chi connectivity index (χ0) is 12.8. The molecule has 1 amide bonds. The highest BCUT2D eigenvalue weighted by Gasteiger charge is 2.15. The quantitative estimate of drug-likeness (QED) is 0.726. The SMILES string of the molecule is CCC(NC(=O)/C=C/c1ccnn1C)C(=O)O. The molecule has 6 heteroatoms. The molecule has 1 aromatic rings. The molecule has 1 aromatic heterocycles. The van der Waals surface area contributed by atoms with Crippen molar-refractivity contribution in [1.82, 2.24) is 15.1 Å². The van der Waals surface area contributed by atoms with Gasteiger partial charge < -0.3 is 10.4 Å². The highest BCUT2D eigenvalue weighted by atomic mass is 16.4. The van der Waals surface area contributed by atoms with Crippen LogP contribution in [0.4, 0.5) is 0 Å². The van der Waals surface area contributed by atoms with Gasteiger partial charge in [0.05, 0.1) is 5.69 Å². The van der Waals surface area contributed by atoms with Gasteiger partial charge in [0.2, 0.25) is 5.91 Å². The van der Waals surface area contributed by atoms with Crippen molar-refractivity contribution >= 4 is 18.0 Å². The van der Waals surface area contributed by atoms with E-state index in [1.807, 2.05) is 0 Å². The number of amides is 1. The highest BCUT2D eigenvalue weighted by molar-refractivity contribution is 5.94. The molecule has 17 heavy (non-hydrogen) atoms. The lowest BCUT2D eigenvalue weighted by Gasteiger charge is -2.09. The van der Waals surface area contributed by atoms with E-state index < -0.39 is 17.9 Å². The van der Waals surface area contributed by atoms with E-state index in [0.29, 0.717) is 6.42 Å². The smallest absolute Gasteiger partial charge is 0.326 e. The van der Waals surface area contributed by atoms with Crippen LogP contribution >= 0.6 is 0 Å². The summed E-state index contributed by atoms with van der Waals surface area (Å²) in [6, 6.07) is 0.900. The molecule has 0 aliphatic heterocycles. The number of carbonyl (C=O) groups excluding carboxylic acids is 1. The first-order valence-corrected chi connectivity index (χ1v) is 5.24. The van der Waals surface area contributed by atoms with Crippen LogP contribution in [0.1, 0.15) is 19.0 Å². The van der Waals surface area contributed by atoms with Crippen molar-refractivity contribution in [3.63, 3.8) is 0 Å². The zero-order valence-electron chi connectivity index (χ0n) is 9.75. The minimum Gasteiger partial charge on any atom is -0.480 e. The van der Waals surface area contributed by atoms with E-state index in [9.17, 15) is 9.59 Å². The molecule has 0 aromatic carbocycles. The fraction of sp³-hybridized carbons (Fsp3) is 0.364. The van der Waals surface area contributed by atoms with E-state index in [1.54, 1.807) is 37.0 Å². The first-order valence-electron chi connectivity index (χ1n) is 5.24. The van der Waals surface area contributed by atoms with Crippen molar-refractivity contribution in [2.75, 3.05) is 0 Å². The lowest BCUT2D eigenvalue weighted by Crippen LogP contribution is -2.39. The van der Waals surface area contributed by atoms with Gasteiger partial charge >= 0.3 is 5.97 Å². The zero-order valence-corrected chi connectivity index (χ0v) is 9.75. The summed E-state index contributed by atoms with van der Waals surface area (Å²) in [5, 5.41) is 15.1. The predicted molar refractivity (Wildman–Crippen MR) is 62.1 cm³/mol. The Morgan fingerprint density at radius 2 is 2.35 bits per heavy atom. The molecule has 92 valence electrons. The van der Waals surface area contributed by atoms with E-state index >= 15 is 0 Å². The Balaban J connectivity index is 2.58. The minimum absolute atomic E-state index is 0.348. The molecule has 1 rings (SSSR count). The van der Waals surface area contributed by atoms with Gasteiger partial charge in [-0.05, 0) is 18.6 Å². The maximum atomic E-state index is 11.4. The van der Waals surface area contributed by atoms with E-state index in [0.717, 1.165) is 5.69 Å². The van der Waals surface area contributed by atoms with Gasteiger partial charge in [-0.3, -0.25) is 9.48 Å². The third kappa shape index (κ3) is 3.75. The summed E-state index contributed by atoms with van der Waals surface area (Å²) in [5.41, 5.74) is 0.767. The number of nitrogens with one attached hydrogen (secondary N) is 1. The molecule has 2 N–H and O–H groups in total. The monoisotopic (exact) mass is 237 g/mol. The molecule has 0 saturated carbocycles. The molecule has 0 fully saturated rings. The number of hydrogen-bond acceptors (Lipinski definition) is 3. The third-order valence-corrected chi connectivity index (χ3v) is 2.29. The number of nitrogens with zero attached hydrogens (tertiary/aromatic N) is 2. The van der Waals surface area contributed by atoms with Gasteiger partial charge in [0, 0.05) is 19.3 Å². The van der Waals surface area contributed by atoms with E-state index in [1.165, 1.54) is 6.08 Å². The van der Waals surface area contributed by atoms with Gasteiger partial charge in [-0.15, -0.1) is 0 Å². The number of carbonyl (C=O) groups is 2. The van der Waals surface area contributed by atoms with Crippen LogP contribution in [-0.2, 0) is 16.6 Å². The highest BCUT2D eigenvalue weighted by Crippen LogP contribution is 1.99. The molecular formula is C11H15N3O3. The first-order chi connectivity index (χ1) is 8.04. The Morgan fingerprint density at radius 1 is 1.65 bits per heavy atom. The minimum atomic E-state index is -1.03. The number of hydrogen-bond donors (Lipinski definition) is 2. The largest absolute Gasteiger partial charge is 0.480 e. The van der Waals surface area contributed by atoms with Crippen molar-refractivity contribution in [3.8, 4) is 0 Å². The van der Waals surface area contributed by atoms with Gasteiger partial charge in [-0.2, -0.15) is 5.10 Å². The third-order valence-electron chi connectivity index (χ3n) is 2.29. The molecule has 0 radical (unpaired) electrons. The molecule has 0 bridgehead atoms. The van der Waals surface area contributed by atoms with Gasteiger partial charge in [0.1, 0.15) is 6.04 Å². The van der Waals surface area contributed by atoms with Crippen LogP contribution in [0.3, 0.4) is 0 Å². The average molecular weight is 237 g/mol. The van der Waals surface area contributed by atoms with Gasteiger partial charge in [0.25, 0.3) is 0 Å². The lowest BCUT2D eigenvalue weighted by atomic mass is 10.2. The second-order valence-electron chi connectivity index (χ2n) is 3.52. The Bertz CT molecular complexity index is 437. The number of aryl methyl sites for hydroxylation is 1. The topological polar surface area (TPSA) is 84.2 Å². The lowest BCUT2D eigenvalue weighted by molar-refractivity contribution is -0.141. The average Bonchev–Trinajstić information content (AvgIpc) is 2.68. The number of rotatable bonds is 5. The molecule has 1 atom stereocenters. The van der Waals surface area contributed by atoms with Gasteiger partial charge in [-0.25, -0.2) is 4.79 Å². The van der Waals surface area contributed by atoms with Crippen molar-refractivity contribution < 1.29 is 14.7 Å². The molecule has 1 heterocycles. The van der Waals surface area contributed by atoms with Crippen LogP contribution in [-0.4, -0.2) is 32.8 Å². The standard InChI is InChI=1S/C11H15N3O3/c1-3-9(11(16)17)13-10(15)5-4-8-6-7-12-14(8)2/h4-7,9H,3H2,1-2H3,(H,13,15)(H,16,17)/b5-4+. The Hall–Kier alpha value is -2.11. The summed E-state index contributed by atoms with van der Waals surface area (Å²) in [5.74, 6) is -1.46. The van der Waals surface area contributed by atoms with Crippen molar-refractivity contribution in [2.24, 2.45) is 7.05 Å². The van der Waals surface area contributed by atoms with Crippen LogP contribution in [0.5, 0.6) is 0 Å². The summed E-state index contributed by atoms with van der Waals surface area (Å²) in [4.78, 5) is 22.1. The molecule has 0 spiro atoms. The van der Waals surface area contributed by atoms with E-state index in [2.05, 4.69) is 10.4 Å². The van der Waals surface area contributed by atoms with E-state index in [-0.39, 0.29) is 0 Å². The molecular weight excluding hydrogens is 222 g/mol. The summed E-state index contributed by atoms with van der Waals surface area (Å²) in [6.45, 7) is 1.70. The second-order valence-corrected chi connectivity index (χ2v) is 3.52. The summed E-state index contributed by atoms with van der Waals surface area (Å²) < 4.78 is 1.61. The molecule has 6 nitrogen and oxygen atoms in total. The van der Waals surface area contributed by atoms with Crippen LogP contribution in [0.2, 0.25) is 0 Å². The maximum Gasteiger partial charge on any atom is 0.326 e. The molecule has 0 aliphatic rings. The normalized spacial score (nSPS) is 12.6. The summed E-state index contributed by atoms with van der Waals surface area (Å²) in [7, 11) is 1.75. The number of carboxylic acid groups (broad SMARTS) is 1. The molecule has 0 aliphatic carbocycles. The second kappa shape index (κ2) is 5.83. The summed E-state index contributed by atoms with van der Waals surface area (Å²) in [6.07, 6.45) is 4.84. The van der Waals surface area contributed by atoms with Gasteiger partial charge in [-0.1, -0.05) is 6.92 Å². The molecule has 0 saturated heterocycles. The van der Waals surface area contributed by atoms with Crippen molar-refractivity contribution in [2.45, 2.75) is 19.4 Å². The van der Waals surface area contributed by atoms with Crippen LogP contribution in [0.15, 0.2) is 18.3 Å². The number of aliphatic carboxylic acids is 1. The predicted octanol–water partition coefficient (Wildman–Crippen LogP) is 0.413. The van der Waals surface area contributed by atoms with Crippen LogP contribution in [0.25, 0.3) is 6.08 Å². The van der Waals surface area contributed by atoms with Crippen molar-refractivity contribution in [1.29, 1.82) is 0 Å². The Kier molecular flexibility index (Phi) is 4.45. The van der Waals surface area contributed by atoms with E-state index in [4.69, 9.17) is 5.11 Å². The Morgan fingerprint density at radius 3 is 2.82 bits per heavy atom. The van der Waals surface area contributed by atoms with Crippen LogP contribution in [0, 0.1) is 0 Å². The number of carboxylic acids is 1. The Labute approximate surface area is 98.9 Å². The molecule has 1 unspecified atom stereocenters. The fourth-order valence-corrected chi connectivity index (χ4v) is 1.27. The number of aromatic nitrogens is 2. The maximum absolute atomic E-state index is 11.4. The van der Waals surface area contributed by atoms with Crippen LogP contribution < -0.4 is 5.32 Å². The first kappa shape index (κ1) is 13.0.